The normalized spacial score (nSPS) is 28.8. The first-order valence-corrected chi connectivity index (χ1v) is 10.7. The highest BCUT2D eigenvalue weighted by Gasteiger charge is 2.29. The van der Waals surface area contributed by atoms with Gasteiger partial charge in [0.25, 0.3) is 0 Å². The van der Waals surface area contributed by atoms with Gasteiger partial charge in [-0.3, -0.25) is 0 Å². The molecule has 5 nitrogen and oxygen atoms in total. The van der Waals surface area contributed by atoms with Crippen LogP contribution in [0.2, 0.25) is 0 Å². The van der Waals surface area contributed by atoms with E-state index in [0.717, 1.165) is 37.3 Å². The van der Waals surface area contributed by atoms with E-state index in [9.17, 15) is 0 Å². The van der Waals surface area contributed by atoms with Crippen LogP contribution in [-0.2, 0) is 13.1 Å². The molecule has 25 heavy (non-hydrogen) atoms. The average molecular weight is 346 g/mol. The Bertz CT molecular complexity index is 538. The molecular formula is C20H35N5. The first-order chi connectivity index (χ1) is 12.3. The molecule has 1 saturated heterocycles. The molecule has 1 aromatic heterocycles. The summed E-state index contributed by atoms with van der Waals surface area (Å²) in [6, 6.07) is 0. The maximum Gasteiger partial charge on any atom is 0.147 e. The topological polar surface area (TPSA) is 46.0 Å². The number of likely N-dealkylation sites (tertiary alicyclic amines) is 1. The zero-order valence-electron chi connectivity index (χ0n) is 15.9. The summed E-state index contributed by atoms with van der Waals surface area (Å²) in [6.07, 6.45) is 11.2. The van der Waals surface area contributed by atoms with E-state index >= 15 is 0 Å². The molecule has 2 fully saturated rings. The van der Waals surface area contributed by atoms with Crippen molar-refractivity contribution in [3.63, 3.8) is 0 Å². The summed E-state index contributed by atoms with van der Waals surface area (Å²) in [4.78, 5) is 2.73. The molecule has 0 aromatic carbocycles. The lowest BCUT2D eigenvalue weighted by atomic mass is 9.79. The summed E-state index contributed by atoms with van der Waals surface area (Å²) in [5, 5.41) is 12.3. The maximum atomic E-state index is 4.54. The number of hydrogen-bond acceptors (Lipinski definition) is 4. The highest BCUT2D eigenvalue weighted by molar-refractivity contribution is 5.05. The lowest BCUT2D eigenvalue weighted by molar-refractivity contribution is 0.147. The van der Waals surface area contributed by atoms with E-state index < -0.39 is 0 Å². The predicted octanol–water partition coefficient (Wildman–Crippen LogP) is 3.17. The molecule has 5 heteroatoms. The molecule has 0 radical (unpaired) electrons. The maximum absolute atomic E-state index is 4.54. The number of fused-ring (bicyclic) bond motifs is 1. The van der Waals surface area contributed by atoms with Gasteiger partial charge in [-0.25, -0.2) is 0 Å². The van der Waals surface area contributed by atoms with Crippen molar-refractivity contribution in [1.82, 2.24) is 25.0 Å². The van der Waals surface area contributed by atoms with Gasteiger partial charge in [0.1, 0.15) is 11.6 Å². The molecular weight excluding hydrogens is 310 g/mol. The molecule has 1 saturated carbocycles. The van der Waals surface area contributed by atoms with Crippen molar-refractivity contribution in [1.29, 1.82) is 0 Å². The van der Waals surface area contributed by atoms with Gasteiger partial charge < -0.3 is 14.8 Å². The van der Waals surface area contributed by atoms with E-state index in [-0.39, 0.29) is 0 Å². The third-order valence-electron chi connectivity index (χ3n) is 6.78. The monoisotopic (exact) mass is 345 g/mol. The highest BCUT2D eigenvalue weighted by Crippen LogP contribution is 2.33. The molecule has 140 valence electrons. The SMILES string of the molecule is CCCC1CCC(CN2CCC(c3nnc4n3CCNC4)CC2)CC1. The van der Waals surface area contributed by atoms with Crippen LogP contribution < -0.4 is 5.32 Å². The Kier molecular flexibility index (Phi) is 5.71. The molecule has 2 aliphatic heterocycles. The summed E-state index contributed by atoms with van der Waals surface area (Å²) < 4.78 is 2.38. The molecule has 3 heterocycles. The lowest BCUT2D eigenvalue weighted by Gasteiger charge is -2.36. The summed E-state index contributed by atoms with van der Waals surface area (Å²) >= 11 is 0. The minimum Gasteiger partial charge on any atom is -0.312 e. The number of nitrogens with one attached hydrogen (secondary N) is 1. The number of hydrogen-bond donors (Lipinski definition) is 1. The van der Waals surface area contributed by atoms with E-state index in [0.29, 0.717) is 5.92 Å². The number of nitrogens with zero attached hydrogens (tertiary/aromatic N) is 4. The highest BCUT2D eigenvalue weighted by atomic mass is 15.3. The Balaban J connectivity index is 1.24. The first-order valence-electron chi connectivity index (χ1n) is 10.7. The van der Waals surface area contributed by atoms with Gasteiger partial charge in [-0.15, -0.1) is 10.2 Å². The number of rotatable bonds is 5. The van der Waals surface area contributed by atoms with Crippen LogP contribution >= 0.6 is 0 Å². The second-order valence-electron chi connectivity index (χ2n) is 8.55. The second kappa shape index (κ2) is 8.17. The van der Waals surface area contributed by atoms with Gasteiger partial charge in [0.05, 0.1) is 6.54 Å². The standard InChI is InChI=1S/C20H35N5/c1-2-3-16-4-6-17(7-5-16)15-24-11-8-18(9-12-24)20-23-22-19-14-21-10-13-25(19)20/h16-18,21H,2-15H2,1H3. The molecule has 1 aliphatic carbocycles. The minimum absolute atomic E-state index is 0.621. The van der Waals surface area contributed by atoms with Crippen molar-refractivity contribution in [2.45, 2.75) is 77.3 Å². The zero-order chi connectivity index (χ0) is 17.1. The summed E-state index contributed by atoms with van der Waals surface area (Å²) in [5.41, 5.74) is 0. The van der Waals surface area contributed by atoms with Gasteiger partial charge in [-0.2, -0.15) is 0 Å². The van der Waals surface area contributed by atoms with Gasteiger partial charge in [0.15, 0.2) is 0 Å². The molecule has 3 aliphatic rings. The number of piperidine rings is 1. The van der Waals surface area contributed by atoms with E-state index in [2.05, 4.69) is 31.9 Å². The molecule has 0 spiro atoms. The Hall–Kier alpha value is -0.940. The zero-order valence-corrected chi connectivity index (χ0v) is 15.9. The fraction of sp³-hybridized carbons (Fsp3) is 0.900. The van der Waals surface area contributed by atoms with E-state index in [1.807, 2.05) is 0 Å². The third-order valence-corrected chi connectivity index (χ3v) is 6.78. The predicted molar refractivity (Wildman–Crippen MR) is 100 cm³/mol. The molecule has 0 amide bonds. The van der Waals surface area contributed by atoms with Crippen molar-refractivity contribution < 1.29 is 0 Å². The van der Waals surface area contributed by atoms with Crippen LogP contribution in [-0.4, -0.2) is 45.8 Å². The Morgan fingerprint density at radius 1 is 0.960 bits per heavy atom. The van der Waals surface area contributed by atoms with E-state index in [1.54, 1.807) is 0 Å². The molecule has 0 bridgehead atoms. The summed E-state index contributed by atoms with van der Waals surface area (Å²) in [5.74, 6) is 5.00. The first kappa shape index (κ1) is 17.5. The fourth-order valence-corrected chi connectivity index (χ4v) is 5.27. The van der Waals surface area contributed by atoms with E-state index in [1.165, 1.54) is 76.8 Å². The minimum atomic E-state index is 0.621. The van der Waals surface area contributed by atoms with Crippen molar-refractivity contribution in [3.8, 4) is 0 Å². The Morgan fingerprint density at radius 2 is 1.72 bits per heavy atom. The van der Waals surface area contributed by atoms with Crippen molar-refractivity contribution >= 4 is 0 Å². The largest absolute Gasteiger partial charge is 0.312 e. The summed E-state index contributed by atoms with van der Waals surface area (Å²) in [6.45, 7) is 9.15. The molecule has 4 rings (SSSR count). The molecule has 1 aromatic rings. The number of aromatic nitrogens is 3. The van der Waals surface area contributed by atoms with Crippen molar-refractivity contribution in [3.05, 3.63) is 11.6 Å². The van der Waals surface area contributed by atoms with Gasteiger partial charge in [-0.05, 0) is 50.6 Å². The third kappa shape index (κ3) is 4.08. The van der Waals surface area contributed by atoms with Crippen LogP contribution in [0.25, 0.3) is 0 Å². The Labute approximate surface area is 152 Å². The van der Waals surface area contributed by atoms with Crippen LogP contribution in [0.15, 0.2) is 0 Å². The average Bonchev–Trinajstić information content (AvgIpc) is 3.08. The van der Waals surface area contributed by atoms with Gasteiger partial charge in [0.2, 0.25) is 0 Å². The lowest BCUT2D eigenvalue weighted by Crippen LogP contribution is -2.38. The Morgan fingerprint density at radius 3 is 2.48 bits per heavy atom. The van der Waals surface area contributed by atoms with Crippen LogP contribution in [0.5, 0.6) is 0 Å². The smallest absolute Gasteiger partial charge is 0.147 e. The van der Waals surface area contributed by atoms with Crippen molar-refractivity contribution in [2.75, 3.05) is 26.2 Å². The summed E-state index contributed by atoms with van der Waals surface area (Å²) in [7, 11) is 0. The molecule has 0 atom stereocenters. The molecule has 0 unspecified atom stereocenters. The van der Waals surface area contributed by atoms with Crippen LogP contribution in [0.3, 0.4) is 0 Å². The van der Waals surface area contributed by atoms with Crippen molar-refractivity contribution in [2.24, 2.45) is 11.8 Å². The van der Waals surface area contributed by atoms with Gasteiger partial charge in [-0.1, -0.05) is 32.6 Å². The van der Waals surface area contributed by atoms with Crippen LogP contribution in [0.4, 0.5) is 0 Å². The van der Waals surface area contributed by atoms with Gasteiger partial charge >= 0.3 is 0 Å². The quantitative estimate of drug-likeness (QED) is 0.890. The van der Waals surface area contributed by atoms with Gasteiger partial charge in [0, 0.05) is 25.6 Å². The van der Waals surface area contributed by atoms with Crippen LogP contribution in [0, 0.1) is 11.8 Å². The second-order valence-corrected chi connectivity index (χ2v) is 8.55. The van der Waals surface area contributed by atoms with E-state index in [4.69, 9.17) is 0 Å². The molecule has 1 N–H and O–H groups in total. The fourth-order valence-electron chi connectivity index (χ4n) is 5.27. The van der Waals surface area contributed by atoms with Crippen LogP contribution in [0.1, 0.15) is 75.9 Å².